The number of Topliss-reactive ketones (excluding diaryl/α,β-unsaturated/α-hetero) is 1. The summed E-state index contributed by atoms with van der Waals surface area (Å²) in [7, 11) is 0. The van der Waals surface area contributed by atoms with Crippen LogP contribution in [0.15, 0.2) is 64.7 Å². The summed E-state index contributed by atoms with van der Waals surface area (Å²) in [5.74, 6) is 0.160. The molecule has 6 heteroatoms. The Morgan fingerprint density at radius 1 is 1.03 bits per heavy atom. The van der Waals surface area contributed by atoms with Gasteiger partial charge >= 0.3 is 0 Å². The Hall–Kier alpha value is -2.73. The van der Waals surface area contributed by atoms with E-state index < -0.39 is 0 Å². The molecular formula is C24H20BrNO4. The van der Waals surface area contributed by atoms with E-state index in [0.717, 1.165) is 10.9 Å². The van der Waals surface area contributed by atoms with Crippen LogP contribution in [0.3, 0.4) is 0 Å². The molecule has 0 radical (unpaired) electrons. The van der Waals surface area contributed by atoms with Crippen molar-refractivity contribution >= 4 is 39.2 Å². The molecule has 4 atom stereocenters. The molecule has 152 valence electrons. The van der Waals surface area contributed by atoms with Crippen molar-refractivity contribution in [2.24, 2.45) is 23.7 Å². The van der Waals surface area contributed by atoms with Gasteiger partial charge in [-0.25, -0.2) is 0 Å². The molecule has 1 saturated carbocycles. The zero-order chi connectivity index (χ0) is 21.0. The zero-order valence-corrected chi connectivity index (χ0v) is 18.0. The van der Waals surface area contributed by atoms with Crippen LogP contribution in [-0.2, 0) is 9.59 Å². The Morgan fingerprint density at radius 3 is 2.40 bits per heavy atom. The Bertz CT molecular complexity index is 1070. The Kier molecular flexibility index (Phi) is 4.62. The van der Waals surface area contributed by atoms with Crippen molar-refractivity contribution in [3.8, 4) is 5.75 Å². The maximum absolute atomic E-state index is 13.0. The first-order valence-electron chi connectivity index (χ1n) is 10.0. The third kappa shape index (κ3) is 3.01. The average Bonchev–Trinajstić information content (AvgIpc) is 3.38. The van der Waals surface area contributed by atoms with Crippen molar-refractivity contribution in [3.05, 3.63) is 70.2 Å². The molecular weight excluding hydrogens is 446 g/mol. The van der Waals surface area contributed by atoms with Crippen molar-refractivity contribution in [1.29, 1.82) is 0 Å². The van der Waals surface area contributed by atoms with Crippen LogP contribution in [0, 0.1) is 23.7 Å². The molecule has 0 spiro atoms. The van der Waals surface area contributed by atoms with E-state index in [0.29, 0.717) is 17.0 Å². The number of amides is 2. The smallest absolute Gasteiger partial charge is 0.238 e. The standard InChI is InChI=1S/C24H20BrNO4/c1-13-10-15-11-19(13)22-21(15)23(28)26(24(22)29)17-6-8-18(9-7-17)30-12-20(27)14-2-4-16(25)5-3-14/h2-10,15,19,21-22H,11-12H2,1H3/t15-,19+,21+,22+/m0/s1. The fraction of sp³-hybridized carbons (Fsp3) is 0.292. The van der Waals surface area contributed by atoms with Gasteiger partial charge in [0.05, 0.1) is 17.5 Å². The van der Waals surface area contributed by atoms with Crippen LogP contribution in [0.5, 0.6) is 5.75 Å². The van der Waals surface area contributed by atoms with Crippen LogP contribution < -0.4 is 9.64 Å². The van der Waals surface area contributed by atoms with Gasteiger partial charge in [-0.05, 0) is 61.6 Å². The van der Waals surface area contributed by atoms with E-state index in [-0.39, 0.29) is 47.9 Å². The van der Waals surface area contributed by atoms with Gasteiger partial charge in [0.25, 0.3) is 0 Å². The molecule has 30 heavy (non-hydrogen) atoms. The average molecular weight is 466 g/mol. The van der Waals surface area contributed by atoms with Crippen LogP contribution in [0.2, 0.25) is 0 Å². The van der Waals surface area contributed by atoms with E-state index in [1.54, 1.807) is 36.4 Å². The molecule has 0 unspecified atom stereocenters. The van der Waals surface area contributed by atoms with Crippen molar-refractivity contribution in [2.45, 2.75) is 13.3 Å². The highest BCUT2D eigenvalue weighted by atomic mass is 79.9. The quantitative estimate of drug-likeness (QED) is 0.372. The lowest BCUT2D eigenvalue weighted by Gasteiger charge is -2.19. The molecule has 2 aromatic carbocycles. The number of allylic oxidation sites excluding steroid dienone is 2. The summed E-state index contributed by atoms with van der Waals surface area (Å²) in [5.41, 5.74) is 2.37. The van der Waals surface area contributed by atoms with Crippen molar-refractivity contribution in [3.63, 3.8) is 0 Å². The summed E-state index contributed by atoms with van der Waals surface area (Å²) in [4.78, 5) is 39.6. The SMILES string of the molecule is CC1=C[C@H]2C[C@H]1[C@H]1C(=O)N(c3ccc(OCC(=O)c4ccc(Br)cc4)cc3)C(=O)[C@@H]12. The molecule has 2 amide bonds. The van der Waals surface area contributed by atoms with Crippen LogP contribution in [-0.4, -0.2) is 24.2 Å². The maximum Gasteiger partial charge on any atom is 0.238 e. The van der Waals surface area contributed by atoms with Crippen LogP contribution in [0.25, 0.3) is 0 Å². The number of imide groups is 1. The predicted molar refractivity (Wildman–Crippen MR) is 115 cm³/mol. The molecule has 0 N–H and O–H groups in total. The van der Waals surface area contributed by atoms with Gasteiger partial charge in [0.2, 0.25) is 11.8 Å². The zero-order valence-electron chi connectivity index (χ0n) is 16.4. The molecule has 2 bridgehead atoms. The first-order chi connectivity index (χ1) is 14.4. The first kappa shape index (κ1) is 19.2. The van der Waals surface area contributed by atoms with E-state index in [2.05, 4.69) is 28.9 Å². The number of nitrogens with zero attached hydrogens (tertiary/aromatic N) is 1. The second kappa shape index (κ2) is 7.20. The summed E-state index contributed by atoms with van der Waals surface area (Å²) in [6, 6.07) is 13.9. The van der Waals surface area contributed by atoms with E-state index in [9.17, 15) is 14.4 Å². The van der Waals surface area contributed by atoms with Crippen LogP contribution in [0.1, 0.15) is 23.7 Å². The number of fused-ring (bicyclic) bond motifs is 5. The highest BCUT2D eigenvalue weighted by molar-refractivity contribution is 9.10. The third-order valence-corrected chi connectivity index (χ3v) is 7.04. The van der Waals surface area contributed by atoms with Gasteiger partial charge in [0.15, 0.2) is 12.4 Å². The number of benzene rings is 2. The minimum atomic E-state index is -0.217. The predicted octanol–water partition coefficient (Wildman–Crippen LogP) is 4.41. The lowest BCUT2D eigenvalue weighted by Crippen LogP contribution is -2.32. The van der Waals surface area contributed by atoms with Crippen molar-refractivity contribution in [1.82, 2.24) is 0 Å². The van der Waals surface area contributed by atoms with E-state index in [1.165, 1.54) is 10.5 Å². The fourth-order valence-electron chi connectivity index (χ4n) is 5.09. The molecule has 2 aliphatic carbocycles. The summed E-state index contributed by atoms with van der Waals surface area (Å²) in [5, 5.41) is 0. The molecule has 0 aromatic heterocycles. The van der Waals surface area contributed by atoms with E-state index in [1.807, 2.05) is 12.1 Å². The number of anilines is 1. The number of hydrogen-bond donors (Lipinski definition) is 0. The monoisotopic (exact) mass is 465 g/mol. The largest absolute Gasteiger partial charge is 0.485 e. The molecule has 1 heterocycles. The van der Waals surface area contributed by atoms with Gasteiger partial charge < -0.3 is 4.74 Å². The summed E-state index contributed by atoms with van der Waals surface area (Å²) < 4.78 is 6.51. The van der Waals surface area contributed by atoms with Gasteiger partial charge in [-0.2, -0.15) is 0 Å². The number of hydrogen-bond acceptors (Lipinski definition) is 4. The van der Waals surface area contributed by atoms with E-state index in [4.69, 9.17) is 4.74 Å². The number of ketones is 1. The van der Waals surface area contributed by atoms with Gasteiger partial charge in [-0.15, -0.1) is 0 Å². The number of carbonyl (C=O) groups is 3. The molecule has 5 nitrogen and oxygen atoms in total. The number of rotatable bonds is 5. The van der Waals surface area contributed by atoms with Crippen molar-refractivity contribution < 1.29 is 19.1 Å². The second-order valence-electron chi connectivity index (χ2n) is 8.19. The van der Waals surface area contributed by atoms with Gasteiger partial charge in [-0.1, -0.05) is 39.7 Å². The number of carbonyl (C=O) groups excluding carboxylic acids is 3. The minimum absolute atomic E-state index is 0.0823. The van der Waals surface area contributed by atoms with Gasteiger partial charge in [-0.3, -0.25) is 19.3 Å². The first-order valence-corrected chi connectivity index (χ1v) is 10.8. The van der Waals surface area contributed by atoms with Crippen molar-refractivity contribution in [2.75, 3.05) is 11.5 Å². The second-order valence-corrected chi connectivity index (χ2v) is 9.11. The summed E-state index contributed by atoms with van der Waals surface area (Å²) in [6.45, 7) is 1.98. The normalized spacial score (nSPS) is 26.7. The maximum atomic E-state index is 13.0. The summed E-state index contributed by atoms with van der Waals surface area (Å²) in [6.07, 6.45) is 3.09. The fourth-order valence-corrected chi connectivity index (χ4v) is 5.35. The molecule has 1 aliphatic heterocycles. The third-order valence-electron chi connectivity index (χ3n) is 6.51. The Balaban J connectivity index is 1.27. The molecule has 2 aromatic rings. The molecule has 5 rings (SSSR count). The lowest BCUT2D eigenvalue weighted by atomic mass is 9.82. The molecule has 1 saturated heterocycles. The highest BCUT2D eigenvalue weighted by Crippen LogP contribution is 2.55. The van der Waals surface area contributed by atoms with E-state index >= 15 is 0 Å². The number of ether oxygens (including phenoxy) is 1. The molecule has 2 fully saturated rings. The minimum Gasteiger partial charge on any atom is -0.485 e. The molecule has 3 aliphatic rings. The van der Waals surface area contributed by atoms with Gasteiger partial charge in [0, 0.05) is 10.0 Å². The number of halogens is 1. The Morgan fingerprint density at radius 2 is 1.70 bits per heavy atom. The topological polar surface area (TPSA) is 63.7 Å². The lowest BCUT2D eigenvalue weighted by molar-refractivity contribution is -0.123. The van der Waals surface area contributed by atoms with Crippen LogP contribution in [0.4, 0.5) is 5.69 Å². The summed E-state index contributed by atoms with van der Waals surface area (Å²) >= 11 is 3.34. The van der Waals surface area contributed by atoms with Crippen LogP contribution >= 0.6 is 15.9 Å². The highest BCUT2D eigenvalue weighted by Gasteiger charge is 2.60. The van der Waals surface area contributed by atoms with Gasteiger partial charge in [0.1, 0.15) is 5.75 Å². The Labute approximate surface area is 182 Å².